The summed E-state index contributed by atoms with van der Waals surface area (Å²) in [4.78, 5) is 38.1. The van der Waals surface area contributed by atoms with Crippen LogP contribution in [0, 0.1) is 0 Å². The number of unbranched alkanes of at least 4 members (excludes halogenated alkanes) is 50. The normalized spacial score (nSPS) is 12.0. The molecule has 6 heteroatoms. The highest BCUT2D eigenvalue weighted by molar-refractivity contribution is 5.71. The van der Waals surface area contributed by atoms with Crippen molar-refractivity contribution in [2.75, 3.05) is 13.2 Å². The number of rotatable bonds is 63. The fourth-order valence-corrected chi connectivity index (χ4v) is 10.5. The van der Waals surface area contributed by atoms with Crippen LogP contribution in [0.4, 0.5) is 0 Å². The van der Waals surface area contributed by atoms with E-state index in [1.165, 1.54) is 276 Å². The van der Waals surface area contributed by atoms with Crippen LogP contribution < -0.4 is 0 Å². The van der Waals surface area contributed by atoms with E-state index in [1.54, 1.807) is 0 Å². The zero-order chi connectivity index (χ0) is 53.6. The van der Waals surface area contributed by atoms with E-state index in [0.29, 0.717) is 19.3 Å². The molecule has 0 spiro atoms. The quantitative estimate of drug-likeness (QED) is 0.0261. The van der Waals surface area contributed by atoms with Gasteiger partial charge in [-0.05, 0) is 38.5 Å². The van der Waals surface area contributed by atoms with Crippen LogP contribution in [0.5, 0.6) is 0 Å². The van der Waals surface area contributed by atoms with Gasteiger partial charge in [-0.15, -0.1) is 0 Å². The Hall–Kier alpha value is -1.85. The van der Waals surface area contributed by atoms with Gasteiger partial charge in [0.05, 0.1) is 0 Å². The van der Waals surface area contributed by atoms with Crippen LogP contribution in [0.3, 0.4) is 0 Å². The molecule has 6 nitrogen and oxygen atoms in total. The molecule has 0 heterocycles. The van der Waals surface area contributed by atoms with E-state index in [4.69, 9.17) is 14.2 Å². The number of esters is 3. The molecule has 0 aliphatic heterocycles. The second kappa shape index (κ2) is 63.7. The first-order valence-corrected chi connectivity index (χ1v) is 33.7. The molecular weight excluding hydrogens is 913 g/mol. The molecule has 0 fully saturated rings. The number of hydrogen-bond donors (Lipinski definition) is 0. The van der Waals surface area contributed by atoms with Gasteiger partial charge in [-0.25, -0.2) is 0 Å². The van der Waals surface area contributed by atoms with Crippen molar-refractivity contribution >= 4 is 17.9 Å². The van der Waals surface area contributed by atoms with Crippen LogP contribution in [-0.2, 0) is 28.6 Å². The van der Waals surface area contributed by atoms with Gasteiger partial charge in [0, 0.05) is 19.3 Å². The molecule has 0 saturated heterocycles. The molecule has 74 heavy (non-hydrogen) atoms. The van der Waals surface area contributed by atoms with Gasteiger partial charge >= 0.3 is 17.9 Å². The van der Waals surface area contributed by atoms with Gasteiger partial charge in [0.15, 0.2) is 6.10 Å². The topological polar surface area (TPSA) is 78.9 Å². The van der Waals surface area contributed by atoms with Crippen molar-refractivity contribution in [3.63, 3.8) is 0 Å². The SMILES string of the molecule is CCC/C=C\CCCCCCCC(=O)OCC(COC(=O)CCCCCCCCCCCCCCCCCCCCCCCCCCCCCCCCCCC)OC(=O)CCCCCCCCCCCCCCC. The van der Waals surface area contributed by atoms with Crippen LogP contribution in [-0.4, -0.2) is 37.2 Å². The van der Waals surface area contributed by atoms with Crippen LogP contribution in [0.1, 0.15) is 387 Å². The second-order valence-corrected chi connectivity index (χ2v) is 23.1. The number of carbonyl (C=O) groups is 3. The molecular formula is C68H130O6. The summed E-state index contributed by atoms with van der Waals surface area (Å²) in [5.74, 6) is -0.852. The Morgan fingerprint density at radius 1 is 0.257 bits per heavy atom. The predicted molar refractivity (Wildman–Crippen MR) is 321 cm³/mol. The lowest BCUT2D eigenvalue weighted by molar-refractivity contribution is -0.167. The van der Waals surface area contributed by atoms with E-state index < -0.39 is 6.10 Å². The van der Waals surface area contributed by atoms with E-state index in [2.05, 4.69) is 32.9 Å². The number of allylic oxidation sites excluding steroid dienone is 2. The molecule has 0 aliphatic carbocycles. The van der Waals surface area contributed by atoms with Gasteiger partial charge in [0.1, 0.15) is 13.2 Å². The largest absolute Gasteiger partial charge is 0.462 e. The summed E-state index contributed by atoms with van der Waals surface area (Å²) < 4.78 is 16.9. The Kier molecular flexibility index (Phi) is 62.1. The molecule has 0 aliphatic rings. The van der Waals surface area contributed by atoms with E-state index >= 15 is 0 Å². The summed E-state index contributed by atoms with van der Waals surface area (Å²) in [6.45, 7) is 6.64. The average Bonchev–Trinajstić information content (AvgIpc) is 3.40. The molecule has 0 aromatic rings. The number of carbonyl (C=O) groups excluding carboxylic acids is 3. The smallest absolute Gasteiger partial charge is 0.306 e. The van der Waals surface area contributed by atoms with E-state index in [1.807, 2.05) is 0 Å². The molecule has 0 aromatic carbocycles. The van der Waals surface area contributed by atoms with Crippen molar-refractivity contribution in [2.24, 2.45) is 0 Å². The number of hydrogen-bond acceptors (Lipinski definition) is 6. The Labute approximate surface area is 462 Å². The maximum atomic E-state index is 12.8. The summed E-state index contributed by atoms with van der Waals surface area (Å²) in [5.41, 5.74) is 0. The van der Waals surface area contributed by atoms with Gasteiger partial charge in [-0.2, -0.15) is 0 Å². The van der Waals surface area contributed by atoms with Crippen LogP contribution in [0.2, 0.25) is 0 Å². The average molecular weight is 1040 g/mol. The highest BCUT2D eigenvalue weighted by atomic mass is 16.6. The summed E-state index contributed by atoms with van der Waals surface area (Å²) in [7, 11) is 0. The van der Waals surface area contributed by atoms with Crippen LogP contribution >= 0.6 is 0 Å². The minimum absolute atomic E-state index is 0.0667. The Morgan fingerprint density at radius 2 is 0.473 bits per heavy atom. The minimum Gasteiger partial charge on any atom is -0.462 e. The predicted octanol–water partition coefficient (Wildman–Crippen LogP) is 22.8. The standard InChI is InChI=1S/C68H130O6/c1-4-7-10-13-16-19-22-24-25-26-27-28-29-30-31-32-33-34-35-36-37-38-39-40-41-42-43-45-46-49-52-55-58-61-67(70)73-64-65(63-72-66(69)60-57-54-51-48-21-18-15-12-9-6-3)74-68(71)62-59-56-53-50-47-44-23-20-17-14-11-8-5-2/h12,15,65H,4-11,13-14,16-64H2,1-3H3/b15-12-. The maximum Gasteiger partial charge on any atom is 0.306 e. The molecule has 0 rings (SSSR count). The fraction of sp³-hybridized carbons (Fsp3) is 0.926. The highest BCUT2D eigenvalue weighted by Crippen LogP contribution is 2.19. The Balaban J connectivity index is 3.96. The zero-order valence-electron chi connectivity index (χ0n) is 50.4. The van der Waals surface area contributed by atoms with Crippen molar-refractivity contribution in [2.45, 2.75) is 393 Å². The molecule has 0 radical (unpaired) electrons. The van der Waals surface area contributed by atoms with Gasteiger partial charge < -0.3 is 14.2 Å². The van der Waals surface area contributed by atoms with Crippen molar-refractivity contribution in [1.82, 2.24) is 0 Å². The first-order chi connectivity index (χ1) is 36.5. The summed E-state index contributed by atoms with van der Waals surface area (Å²) in [5, 5.41) is 0. The van der Waals surface area contributed by atoms with Gasteiger partial charge in [0.25, 0.3) is 0 Å². The minimum atomic E-state index is -0.767. The summed E-state index contributed by atoms with van der Waals surface area (Å²) >= 11 is 0. The summed E-state index contributed by atoms with van der Waals surface area (Å²) in [6.07, 6.45) is 75.6. The van der Waals surface area contributed by atoms with Gasteiger partial charge in [-0.3, -0.25) is 14.4 Å². The second-order valence-electron chi connectivity index (χ2n) is 23.1. The van der Waals surface area contributed by atoms with Crippen molar-refractivity contribution in [3.8, 4) is 0 Å². The maximum absolute atomic E-state index is 12.8. The lowest BCUT2D eigenvalue weighted by Crippen LogP contribution is -2.30. The van der Waals surface area contributed by atoms with Crippen molar-refractivity contribution in [1.29, 1.82) is 0 Å². The Morgan fingerprint density at radius 3 is 0.730 bits per heavy atom. The van der Waals surface area contributed by atoms with Gasteiger partial charge in [-0.1, -0.05) is 341 Å². The third-order valence-electron chi connectivity index (χ3n) is 15.5. The lowest BCUT2D eigenvalue weighted by Gasteiger charge is -2.18. The van der Waals surface area contributed by atoms with Gasteiger partial charge in [0.2, 0.25) is 0 Å². The molecule has 0 N–H and O–H groups in total. The molecule has 1 atom stereocenters. The zero-order valence-corrected chi connectivity index (χ0v) is 50.4. The molecule has 1 unspecified atom stereocenters. The third-order valence-corrected chi connectivity index (χ3v) is 15.5. The molecule has 0 saturated carbocycles. The van der Waals surface area contributed by atoms with Crippen molar-refractivity contribution < 1.29 is 28.6 Å². The lowest BCUT2D eigenvalue weighted by atomic mass is 10.0. The van der Waals surface area contributed by atoms with Crippen LogP contribution in [0.25, 0.3) is 0 Å². The monoisotopic (exact) mass is 1040 g/mol. The molecule has 0 aromatic heterocycles. The van der Waals surface area contributed by atoms with Crippen LogP contribution in [0.15, 0.2) is 12.2 Å². The molecule has 0 bridgehead atoms. The van der Waals surface area contributed by atoms with Crippen molar-refractivity contribution in [3.05, 3.63) is 12.2 Å². The Bertz CT molecular complexity index is 1150. The van der Waals surface area contributed by atoms with E-state index in [-0.39, 0.29) is 31.1 Å². The fourth-order valence-electron chi connectivity index (χ4n) is 10.5. The third kappa shape index (κ3) is 61.0. The molecule has 438 valence electrons. The number of ether oxygens (including phenoxy) is 3. The van der Waals surface area contributed by atoms with E-state index in [0.717, 1.165) is 70.6 Å². The van der Waals surface area contributed by atoms with E-state index in [9.17, 15) is 14.4 Å². The highest BCUT2D eigenvalue weighted by Gasteiger charge is 2.19. The first-order valence-electron chi connectivity index (χ1n) is 33.7. The molecule has 0 amide bonds. The first kappa shape index (κ1) is 72.2. The summed E-state index contributed by atoms with van der Waals surface area (Å²) in [6, 6.07) is 0.